The van der Waals surface area contributed by atoms with Crippen molar-refractivity contribution in [3.05, 3.63) is 40.3 Å². The minimum Gasteiger partial charge on any atom is -0.338 e. The number of halogens is 2. The van der Waals surface area contributed by atoms with E-state index < -0.39 is 0 Å². The molecule has 0 aliphatic rings. The molecule has 0 saturated carbocycles. The summed E-state index contributed by atoms with van der Waals surface area (Å²) in [5.41, 5.74) is 1.89. The predicted octanol–water partition coefficient (Wildman–Crippen LogP) is 3.70. The lowest BCUT2D eigenvalue weighted by Gasteiger charge is -1.99. The molecule has 0 aliphatic carbocycles. The van der Waals surface area contributed by atoms with Gasteiger partial charge in [0, 0.05) is 18.8 Å². The van der Waals surface area contributed by atoms with Gasteiger partial charge in [-0.25, -0.2) is 4.98 Å². The molecule has 2 aromatic rings. The first-order valence-electron chi connectivity index (χ1n) is 4.53. The number of aryl methyl sites for hydroxylation is 2. The fraction of sp³-hybridized carbons (Fsp3) is 0.182. The molecule has 0 spiro atoms. The second-order valence-corrected chi connectivity index (χ2v) is 4.23. The summed E-state index contributed by atoms with van der Waals surface area (Å²) in [6.45, 7) is 1.96. The lowest BCUT2D eigenvalue weighted by Crippen LogP contribution is -1.86. The van der Waals surface area contributed by atoms with E-state index in [1.165, 1.54) is 0 Å². The van der Waals surface area contributed by atoms with E-state index in [9.17, 15) is 0 Å². The Balaban J connectivity index is 2.49. The van der Waals surface area contributed by atoms with Gasteiger partial charge in [-0.15, -0.1) is 0 Å². The molecule has 2 rings (SSSR count). The third kappa shape index (κ3) is 2.01. The van der Waals surface area contributed by atoms with E-state index >= 15 is 0 Å². The second-order valence-electron chi connectivity index (χ2n) is 3.41. The zero-order chi connectivity index (χ0) is 11.0. The summed E-state index contributed by atoms with van der Waals surface area (Å²) >= 11 is 11.8. The van der Waals surface area contributed by atoms with Crippen LogP contribution in [0.25, 0.3) is 11.3 Å². The van der Waals surface area contributed by atoms with Gasteiger partial charge in [-0.2, -0.15) is 0 Å². The van der Waals surface area contributed by atoms with Gasteiger partial charge in [-0.3, -0.25) is 0 Å². The molecule has 15 heavy (non-hydrogen) atoms. The molecule has 1 heterocycles. The van der Waals surface area contributed by atoms with Gasteiger partial charge in [0.05, 0.1) is 15.7 Å². The molecule has 0 fully saturated rings. The summed E-state index contributed by atoms with van der Waals surface area (Å²) in [5.74, 6) is 0.969. The fourth-order valence-electron chi connectivity index (χ4n) is 1.35. The number of imidazole rings is 1. The highest BCUT2D eigenvalue weighted by molar-refractivity contribution is 6.42. The highest BCUT2D eigenvalue weighted by Crippen LogP contribution is 2.27. The zero-order valence-electron chi connectivity index (χ0n) is 8.46. The van der Waals surface area contributed by atoms with Crippen molar-refractivity contribution in [1.29, 1.82) is 0 Å². The first kappa shape index (κ1) is 10.5. The Bertz CT molecular complexity index is 484. The summed E-state index contributed by atoms with van der Waals surface area (Å²) in [4.78, 5) is 4.41. The van der Waals surface area contributed by atoms with E-state index in [1.807, 2.05) is 36.9 Å². The van der Waals surface area contributed by atoms with E-state index in [0.717, 1.165) is 17.1 Å². The quantitative estimate of drug-likeness (QED) is 0.744. The average Bonchev–Trinajstić information content (AvgIpc) is 2.52. The monoisotopic (exact) mass is 240 g/mol. The summed E-state index contributed by atoms with van der Waals surface area (Å²) in [6.07, 6.45) is 1.97. The van der Waals surface area contributed by atoms with Crippen molar-refractivity contribution >= 4 is 23.2 Å². The number of hydrogen-bond donors (Lipinski definition) is 0. The first-order chi connectivity index (χ1) is 7.08. The summed E-state index contributed by atoms with van der Waals surface area (Å²) in [7, 11) is 1.96. The molecule has 2 nitrogen and oxygen atoms in total. The Morgan fingerprint density at radius 3 is 2.47 bits per heavy atom. The molecule has 78 valence electrons. The van der Waals surface area contributed by atoms with Gasteiger partial charge >= 0.3 is 0 Å². The Labute approximate surface area is 98.5 Å². The third-order valence-electron chi connectivity index (χ3n) is 2.32. The molecule has 1 aromatic carbocycles. The van der Waals surface area contributed by atoms with Crippen LogP contribution in [0.15, 0.2) is 24.4 Å². The maximum atomic E-state index is 5.94. The number of nitrogens with zero attached hydrogens (tertiary/aromatic N) is 2. The number of aromatic nitrogens is 2. The molecule has 0 aliphatic heterocycles. The van der Waals surface area contributed by atoms with E-state index in [4.69, 9.17) is 23.2 Å². The highest BCUT2D eigenvalue weighted by atomic mass is 35.5. The Kier molecular flexibility index (Phi) is 2.72. The lowest BCUT2D eigenvalue weighted by molar-refractivity contribution is 0.858. The van der Waals surface area contributed by atoms with Gasteiger partial charge in [0.25, 0.3) is 0 Å². The van der Waals surface area contributed by atoms with Crippen molar-refractivity contribution in [2.75, 3.05) is 0 Å². The Morgan fingerprint density at radius 2 is 1.93 bits per heavy atom. The molecule has 0 saturated heterocycles. The van der Waals surface area contributed by atoms with Gasteiger partial charge in [0.1, 0.15) is 5.82 Å². The van der Waals surface area contributed by atoms with Crippen molar-refractivity contribution in [3.8, 4) is 11.3 Å². The standard InChI is InChI=1S/C11H10Cl2N2/c1-7-14-11(6-15(7)2)8-3-4-9(12)10(13)5-8/h3-6H,1-2H3. The van der Waals surface area contributed by atoms with Crippen LogP contribution in [0.3, 0.4) is 0 Å². The molecule has 0 N–H and O–H groups in total. The van der Waals surface area contributed by atoms with Crippen LogP contribution in [0, 0.1) is 6.92 Å². The summed E-state index contributed by atoms with van der Waals surface area (Å²) in [5, 5.41) is 1.12. The van der Waals surface area contributed by atoms with Crippen molar-refractivity contribution in [2.45, 2.75) is 6.92 Å². The topological polar surface area (TPSA) is 17.8 Å². The molecular weight excluding hydrogens is 231 g/mol. The van der Waals surface area contributed by atoms with E-state index in [2.05, 4.69) is 4.98 Å². The van der Waals surface area contributed by atoms with Crippen LogP contribution in [0.5, 0.6) is 0 Å². The minimum absolute atomic E-state index is 0.553. The van der Waals surface area contributed by atoms with Crippen molar-refractivity contribution in [1.82, 2.24) is 9.55 Å². The minimum atomic E-state index is 0.553. The van der Waals surface area contributed by atoms with Gasteiger partial charge < -0.3 is 4.57 Å². The van der Waals surface area contributed by atoms with Crippen LogP contribution in [-0.4, -0.2) is 9.55 Å². The molecule has 4 heteroatoms. The molecule has 0 bridgehead atoms. The zero-order valence-corrected chi connectivity index (χ0v) is 9.97. The maximum Gasteiger partial charge on any atom is 0.105 e. The first-order valence-corrected chi connectivity index (χ1v) is 5.29. The van der Waals surface area contributed by atoms with Crippen molar-refractivity contribution < 1.29 is 0 Å². The van der Waals surface area contributed by atoms with Gasteiger partial charge in [0.15, 0.2) is 0 Å². The molecular formula is C11H10Cl2N2. The SMILES string of the molecule is Cc1nc(-c2ccc(Cl)c(Cl)c2)cn1C. The van der Waals surface area contributed by atoms with Gasteiger partial charge in [-0.1, -0.05) is 29.3 Å². The van der Waals surface area contributed by atoms with Crippen LogP contribution in [0.4, 0.5) is 0 Å². The van der Waals surface area contributed by atoms with E-state index in [1.54, 1.807) is 6.07 Å². The normalized spacial score (nSPS) is 10.7. The number of benzene rings is 1. The molecule has 0 atom stereocenters. The summed E-state index contributed by atoms with van der Waals surface area (Å²) < 4.78 is 1.97. The molecule has 1 aromatic heterocycles. The predicted molar refractivity (Wildman–Crippen MR) is 63.4 cm³/mol. The second kappa shape index (κ2) is 3.87. The Hall–Kier alpha value is -0.990. The maximum absolute atomic E-state index is 5.94. The number of hydrogen-bond acceptors (Lipinski definition) is 1. The summed E-state index contributed by atoms with van der Waals surface area (Å²) in [6, 6.07) is 5.52. The van der Waals surface area contributed by atoms with Crippen molar-refractivity contribution in [2.24, 2.45) is 7.05 Å². The molecule has 0 unspecified atom stereocenters. The number of rotatable bonds is 1. The van der Waals surface area contributed by atoms with E-state index in [-0.39, 0.29) is 0 Å². The highest BCUT2D eigenvalue weighted by Gasteiger charge is 2.06. The lowest BCUT2D eigenvalue weighted by atomic mass is 10.2. The Morgan fingerprint density at radius 1 is 1.20 bits per heavy atom. The van der Waals surface area contributed by atoms with Crippen LogP contribution in [-0.2, 0) is 7.05 Å². The molecule has 0 radical (unpaired) electrons. The van der Waals surface area contributed by atoms with Crippen LogP contribution >= 0.6 is 23.2 Å². The third-order valence-corrected chi connectivity index (χ3v) is 3.06. The van der Waals surface area contributed by atoms with Gasteiger partial charge in [0.2, 0.25) is 0 Å². The smallest absolute Gasteiger partial charge is 0.105 e. The largest absolute Gasteiger partial charge is 0.338 e. The van der Waals surface area contributed by atoms with Crippen LogP contribution in [0.1, 0.15) is 5.82 Å². The van der Waals surface area contributed by atoms with Crippen LogP contribution < -0.4 is 0 Å². The molecule has 0 amide bonds. The average molecular weight is 241 g/mol. The van der Waals surface area contributed by atoms with Crippen LogP contribution in [0.2, 0.25) is 10.0 Å². The fourth-order valence-corrected chi connectivity index (χ4v) is 1.65. The van der Waals surface area contributed by atoms with E-state index in [0.29, 0.717) is 10.0 Å². The van der Waals surface area contributed by atoms with Gasteiger partial charge in [-0.05, 0) is 19.1 Å². The van der Waals surface area contributed by atoms with Crippen molar-refractivity contribution in [3.63, 3.8) is 0 Å².